The molecule has 0 spiro atoms. The van der Waals surface area contributed by atoms with Crippen molar-refractivity contribution in [1.29, 1.82) is 0 Å². The van der Waals surface area contributed by atoms with Crippen molar-refractivity contribution in [3.8, 4) is 0 Å². The number of ether oxygens (including phenoxy) is 3. The number of aliphatic hydroxyl groups is 1. The SMILES string of the molecule is CCCCCCCCCCCCCCOCC(COC(=O)NCCCO)OCCCCCCCCCCCCCC. The predicted molar refractivity (Wildman–Crippen MR) is 174 cm³/mol. The van der Waals surface area contributed by atoms with Gasteiger partial charge in [-0.15, -0.1) is 0 Å². The number of rotatable bonds is 34. The van der Waals surface area contributed by atoms with Crippen LogP contribution in [0, 0.1) is 0 Å². The molecule has 1 atom stereocenters. The minimum atomic E-state index is -0.460. The number of carbonyl (C=O) groups excluding carboxylic acids is 1. The van der Waals surface area contributed by atoms with E-state index in [4.69, 9.17) is 19.3 Å². The molecule has 0 aromatic carbocycles. The van der Waals surface area contributed by atoms with E-state index in [1.807, 2.05) is 0 Å². The lowest BCUT2D eigenvalue weighted by Crippen LogP contribution is -2.32. The quantitative estimate of drug-likeness (QED) is 0.0735. The number of hydrogen-bond acceptors (Lipinski definition) is 5. The van der Waals surface area contributed by atoms with Gasteiger partial charge in [-0.05, 0) is 19.3 Å². The molecule has 0 rings (SSSR count). The molecular formula is C35H71NO5. The molecule has 6 nitrogen and oxygen atoms in total. The summed E-state index contributed by atoms with van der Waals surface area (Å²) in [6.07, 6.45) is 31.7. The van der Waals surface area contributed by atoms with E-state index < -0.39 is 6.09 Å². The van der Waals surface area contributed by atoms with Crippen LogP contribution in [0.5, 0.6) is 0 Å². The first-order valence-electron chi connectivity index (χ1n) is 17.9. The van der Waals surface area contributed by atoms with Crippen LogP contribution in [0.25, 0.3) is 0 Å². The molecule has 0 fully saturated rings. The predicted octanol–water partition coefficient (Wildman–Crippen LogP) is 9.90. The Morgan fingerprint density at radius 3 is 1.41 bits per heavy atom. The molecular weight excluding hydrogens is 514 g/mol. The van der Waals surface area contributed by atoms with Crippen LogP contribution in [-0.4, -0.2) is 56.9 Å². The highest BCUT2D eigenvalue weighted by Crippen LogP contribution is 2.13. The fourth-order valence-corrected chi connectivity index (χ4v) is 5.09. The Labute approximate surface area is 255 Å². The minimum absolute atomic E-state index is 0.0536. The Kier molecular flexibility index (Phi) is 34.6. The van der Waals surface area contributed by atoms with Gasteiger partial charge in [0.1, 0.15) is 12.7 Å². The standard InChI is InChI=1S/C35H71NO5/c1-3-5-7-9-11-13-15-17-19-21-23-25-30-39-32-34(33-41-35(38)36-28-27-29-37)40-31-26-24-22-20-18-16-14-12-10-8-6-4-2/h34,37H,3-33H2,1-2H3,(H,36,38). The highest BCUT2D eigenvalue weighted by Gasteiger charge is 2.13. The number of alkyl carbamates (subject to hydrolysis) is 1. The first-order valence-corrected chi connectivity index (χ1v) is 17.9. The molecule has 41 heavy (non-hydrogen) atoms. The van der Waals surface area contributed by atoms with E-state index >= 15 is 0 Å². The summed E-state index contributed by atoms with van der Waals surface area (Å²) in [6, 6.07) is 0. The van der Waals surface area contributed by atoms with Crippen LogP contribution in [0.15, 0.2) is 0 Å². The maximum atomic E-state index is 11.9. The van der Waals surface area contributed by atoms with E-state index in [1.54, 1.807) is 0 Å². The van der Waals surface area contributed by atoms with Gasteiger partial charge in [-0.25, -0.2) is 4.79 Å². The molecule has 0 saturated heterocycles. The molecule has 0 aliphatic heterocycles. The van der Waals surface area contributed by atoms with Gasteiger partial charge in [-0.1, -0.05) is 155 Å². The van der Waals surface area contributed by atoms with E-state index in [0.29, 0.717) is 26.2 Å². The largest absolute Gasteiger partial charge is 0.447 e. The van der Waals surface area contributed by atoms with Gasteiger partial charge >= 0.3 is 6.09 Å². The molecule has 0 aromatic rings. The van der Waals surface area contributed by atoms with Crippen LogP contribution < -0.4 is 5.32 Å². The van der Waals surface area contributed by atoms with Crippen molar-refractivity contribution in [2.75, 3.05) is 39.6 Å². The van der Waals surface area contributed by atoms with Crippen molar-refractivity contribution in [2.24, 2.45) is 0 Å². The third kappa shape index (κ3) is 33.5. The Bertz CT molecular complexity index is 505. The van der Waals surface area contributed by atoms with Gasteiger partial charge in [-0.2, -0.15) is 0 Å². The van der Waals surface area contributed by atoms with Crippen LogP contribution in [0.1, 0.15) is 174 Å². The topological polar surface area (TPSA) is 77.0 Å². The number of unbranched alkanes of at least 4 members (excludes halogenated alkanes) is 22. The smallest absolute Gasteiger partial charge is 0.407 e. The van der Waals surface area contributed by atoms with Gasteiger partial charge in [0.05, 0.1) is 6.61 Å². The molecule has 1 unspecified atom stereocenters. The van der Waals surface area contributed by atoms with Crippen LogP contribution >= 0.6 is 0 Å². The molecule has 0 radical (unpaired) electrons. The summed E-state index contributed by atoms with van der Waals surface area (Å²) >= 11 is 0. The number of hydrogen-bond donors (Lipinski definition) is 2. The van der Waals surface area contributed by atoms with E-state index in [2.05, 4.69) is 19.2 Å². The summed E-state index contributed by atoms with van der Waals surface area (Å²) in [5.41, 5.74) is 0. The second kappa shape index (κ2) is 35.3. The van der Waals surface area contributed by atoms with Crippen molar-refractivity contribution in [3.05, 3.63) is 0 Å². The number of nitrogens with one attached hydrogen (secondary N) is 1. The fourth-order valence-electron chi connectivity index (χ4n) is 5.09. The summed E-state index contributed by atoms with van der Waals surface area (Å²) in [5.74, 6) is 0. The van der Waals surface area contributed by atoms with Crippen molar-refractivity contribution >= 4 is 6.09 Å². The van der Waals surface area contributed by atoms with E-state index in [1.165, 1.54) is 141 Å². The average molecular weight is 586 g/mol. The van der Waals surface area contributed by atoms with Crippen LogP contribution in [-0.2, 0) is 14.2 Å². The Hall–Kier alpha value is -0.850. The van der Waals surface area contributed by atoms with Gasteiger partial charge in [0.2, 0.25) is 0 Å². The second-order valence-corrected chi connectivity index (χ2v) is 11.9. The second-order valence-electron chi connectivity index (χ2n) is 11.9. The number of amides is 1. The number of aliphatic hydroxyl groups excluding tert-OH is 1. The molecule has 0 saturated carbocycles. The average Bonchev–Trinajstić information content (AvgIpc) is 2.98. The monoisotopic (exact) mass is 586 g/mol. The number of carbonyl (C=O) groups is 1. The minimum Gasteiger partial charge on any atom is -0.447 e. The van der Waals surface area contributed by atoms with Gasteiger partial charge in [0.15, 0.2) is 0 Å². The van der Waals surface area contributed by atoms with Crippen molar-refractivity contribution < 1.29 is 24.1 Å². The van der Waals surface area contributed by atoms with Crippen LogP contribution in [0.3, 0.4) is 0 Å². The zero-order valence-corrected chi connectivity index (χ0v) is 27.6. The lowest BCUT2D eigenvalue weighted by molar-refractivity contribution is -0.0468. The first kappa shape index (κ1) is 40.1. The molecule has 246 valence electrons. The molecule has 1 amide bonds. The lowest BCUT2D eigenvalue weighted by Gasteiger charge is -2.18. The van der Waals surface area contributed by atoms with Crippen molar-refractivity contribution in [3.63, 3.8) is 0 Å². The Morgan fingerprint density at radius 1 is 0.561 bits per heavy atom. The summed E-state index contributed by atoms with van der Waals surface area (Å²) in [7, 11) is 0. The zero-order valence-electron chi connectivity index (χ0n) is 27.6. The van der Waals surface area contributed by atoms with Crippen LogP contribution in [0.4, 0.5) is 4.79 Å². The Balaban J connectivity index is 3.87. The lowest BCUT2D eigenvalue weighted by atomic mass is 10.1. The van der Waals surface area contributed by atoms with Gasteiger partial charge < -0.3 is 24.6 Å². The molecule has 0 heterocycles. The van der Waals surface area contributed by atoms with E-state index in [9.17, 15) is 4.79 Å². The summed E-state index contributed by atoms with van der Waals surface area (Å²) in [5, 5.41) is 11.5. The summed E-state index contributed by atoms with van der Waals surface area (Å²) < 4.78 is 17.3. The molecule has 0 bridgehead atoms. The maximum absolute atomic E-state index is 11.9. The molecule has 2 N–H and O–H groups in total. The highest BCUT2D eigenvalue weighted by molar-refractivity contribution is 5.67. The highest BCUT2D eigenvalue weighted by atomic mass is 16.6. The maximum Gasteiger partial charge on any atom is 0.407 e. The van der Waals surface area contributed by atoms with Gasteiger partial charge in [0.25, 0.3) is 0 Å². The van der Waals surface area contributed by atoms with Crippen molar-refractivity contribution in [1.82, 2.24) is 5.32 Å². The Morgan fingerprint density at radius 2 is 0.976 bits per heavy atom. The molecule has 6 heteroatoms. The first-order chi connectivity index (χ1) is 20.2. The van der Waals surface area contributed by atoms with Crippen LogP contribution in [0.2, 0.25) is 0 Å². The summed E-state index contributed by atoms with van der Waals surface area (Å²) in [6.45, 7) is 7.08. The zero-order chi connectivity index (χ0) is 29.9. The third-order valence-corrected chi connectivity index (χ3v) is 7.80. The summed E-state index contributed by atoms with van der Waals surface area (Å²) in [4.78, 5) is 11.9. The normalized spacial score (nSPS) is 12.1. The van der Waals surface area contributed by atoms with Crippen molar-refractivity contribution in [2.45, 2.75) is 180 Å². The fraction of sp³-hybridized carbons (Fsp3) is 0.971. The van der Waals surface area contributed by atoms with E-state index in [-0.39, 0.29) is 19.3 Å². The van der Waals surface area contributed by atoms with Gasteiger partial charge in [-0.3, -0.25) is 0 Å². The third-order valence-electron chi connectivity index (χ3n) is 7.80. The molecule has 0 aromatic heterocycles. The van der Waals surface area contributed by atoms with Gasteiger partial charge in [0, 0.05) is 26.4 Å². The molecule has 0 aliphatic rings. The van der Waals surface area contributed by atoms with E-state index in [0.717, 1.165) is 19.4 Å². The molecule has 0 aliphatic carbocycles.